The van der Waals surface area contributed by atoms with E-state index in [1.54, 1.807) is 33.3 Å². The van der Waals surface area contributed by atoms with Gasteiger partial charge in [0.1, 0.15) is 19.3 Å². The number of carbonyl (C=O) groups excluding carboxylic acids is 1. The lowest BCUT2D eigenvalue weighted by atomic mass is 10.0. The van der Waals surface area contributed by atoms with Crippen LogP contribution in [0.25, 0.3) is 0 Å². The number of hydrogen-bond acceptors (Lipinski definition) is 6. The fourth-order valence-corrected chi connectivity index (χ4v) is 4.22. The van der Waals surface area contributed by atoms with Gasteiger partial charge < -0.3 is 18.9 Å². The van der Waals surface area contributed by atoms with Gasteiger partial charge >= 0.3 is 13.8 Å². The molecule has 0 aromatic carbocycles. The van der Waals surface area contributed by atoms with Crippen molar-refractivity contribution in [3.8, 4) is 0 Å². The van der Waals surface area contributed by atoms with Crippen LogP contribution in [0.5, 0.6) is 0 Å². The molecule has 0 rings (SSSR count). The van der Waals surface area contributed by atoms with Gasteiger partial charge in [-0.3, -0.25) is 13.8 Å². The number of phosphoric acid groups is 1. The predicted octanol–water partition coefficient (Wildman–Crippen LogP) is 13.5. The first-order valence-corrected chi connectivity index (χ1v) is 19.6. The molecule has 330 valence electrons. The van der Waals surface area contributed by atoms with Crippen LogP contribution in [0.2, 0.25) is 0 Å². The van der Waals surface area contributed by atoms with E-state index in [2.05, 4.69) is 37.3 Å². The molecule has 1 unspecified atom stereocenters. The van der Waals surface area contributed by atoms with Crippen LogP contribution in [0.15, 0.2) is 72.9 Å². The van der Waals surface area contributed by atoms with Crippen LogP contribution < -0.4 is 0 Å². The molecule has 57 heavy (non-hydrogen) atoms. The molecule has 1 N–H and O–H groups in total. The van der Waals surface area contributed by atoms with Crippen molar-refractivity contribution < 1.29 is 88.0 Å². The highest BCUT2D eigenvalue weighted by atomic mass is 31.2. The van der Waals surface area contributed by atoms with Crippen molar-refractivity contribution in [2.75, 3.05) is 54.1 Å². The van der Waals surface area contributed by atoms with E-state index in [0.717, 1.165) is 25.7 Å². The zero-order valence-corrected chi connectivity index (χ0v) is 34.2. The number of quaternary nitrogens is 1. The maximum Gasteiger partial charge on any atom is 0.472 e. The lowest BCUT2D eigenvalue weighted by molar-refractivity contribution is -0.870. The zero-order chi connectivity index (χ0) is 75.0. The Kier molecular flexibility index (Phi) is 13.8. The Morgan fingerprint density at radius 1 is 0.649 bits per heavy atom. The van der Waals surface area contributed by atoms with E-state index in [9.17, 15) is 14.3 Å². The monoisotopic (exact) mass is 858 g/mol. The summed E-state index contributed by atoms with van der Waals surface area (Å²) in [6.07, 6.45) is -56.5. The minimum Gasteiger partial charge on any atom is -0.457 e. The summed E-state index contributed by atoms with van der Waals surface area (Å²) >= 11 is 0. The number of hydrogen-bond donors (Lipinski definition) is 1. The first kappa shape index (κ1) is 19.3. The Bertz CT molecular complexity index is 2690. The largest absolute Gasteiger partial charge is 0.472 e. The van der Waals surface area contributed by atoms with Crippen LogP contribution in [-0.4, -0.2) is 75.5 Å². The van der Waals surface area contributed by atoms with Crippen LogP contribution >= 0.6 is 7.82 Å². The van der Waals surface area contributed by atoms with E-state index in [1.165, 1.54) is 0 Å². The van der Waals surface area contributed by atoms with Crippen molar-refractivity contribution >= 4 is 13.8 Å². The van der Waals surface area contributed by atoms with Gasteiger partial charge in [0, 0.05) is 61.0 Å². The molecule has 0 radical (unpaired) electrons. The average molecular weight is 858 g/mol. The third kappa shape index (κ3) is 44.9. The lowest BCUT2D eigenvalue weighted by Crippen LogP contribution is -2.37. The summed E-state index contributed by atoms with van der Waals surface area (Å²) in [5.74, 6) is -1.12. The number of esters is 1. The van der Waals surface area contributed by atoms with Gasteiger partial charge in [-0.25, -0.2) is 4.57 Å². The summed E-state index contributed by atoms with van der Waals surface area (Å²) in [7, 11) is 0.0325. The lowest BCUT2D eigenvalue weighted by Gasteiger charge is -2.24. The van der Waals surface area contributed by atoms with Crippen LogP contribution in [0.4, 0.5) is 0 Å². The number of ether oxygens (including phenoxy) is 2. The molecule has 0 heterocycles. The molecule has 0 spiro atoms. The average Bonchev–Trinajstić information content (AvgIpc) is 0.684. The summed E-state index contributed by atoms with van der Waals surface area (Å²) in [4.78, 5) is 23.5. The third-order valence-electron chi connectivity index (χ3n) is 6.18. The molecule has 0 saturated carbocycles. The maximum absolute atomic E-state index is 13.1. The SMILES string of the molecule is [2H]C([2H])([2H])C([2H])([2H])C([2H])([2H])C([2H])([2H])C([2H])([2H])C([2H])([2H])C([2H])([2H])C([2H])([2H])C([2H])([2H])C([2H])([2H])C([2H])([2H])C([2H])([2H])C([2H])([2H])C([2H])([2H])C([2H])([2H])C([2H])([2H])C([2H])([2H])C([2H])([2H])OC[C@@H](COP(=O)(O)OCC[N+](C)(C)C)OC(=O)CC/C=C\C/C=C\C/C=C\C/C=C\C/C=C\C/C=C\CC. The molecule has 9 heteroatoms. The number of rotatable bonds is 41. The molecular formula is C48H87NO7P+. The molecule has 2 atom stereocenters. The number of phosphoric ester groups is 1. The second-order valence-corrected chi connectivity index (χ2v) is 13.5. The van der Waals surface area contributed by atoms with Gasteiger partial charge in [-0.1, -0.05) is 182 Å². The predicted molar refractivity (Wildman–Crippen MR) is 242 cm³/mol. The van der Waals surface area contributed by atoms with Crippen molar-refractivity contribution in [3.05, 3.63) is 72.9 Å². The molecule has 0 aromatic rings. The Balaban J connectivity index is 7.12. The Hall–Kier alpha value is -2.06. The number of carbonyl (C=O) groups is 1. The molecule has 8 nitrogen and oxygen atoms in total. The Labute approximate surface area is 403 Å². The van der Waals surface area contributed by atoms with Gasteiger partial charge in [-0.05, 0) is 51.3 Å². The smallest absolute Gasteiger partial charge is 0.457 e. The zero-order valence-electron chi connectivity index (χ0n) is 70.3. The minimum absolute atomic E-state index is 0.00610. The first-order valence-electron chi connectivity index (χ1n) is 36.6. The first-order chi connectivity index (χ1) is 41.5. The van der Waals surface area contributed by atoms with Crippen molar-refractivity contribution in [2.24, 2.45) is 0 Å². The van der Waals surface area contributed by atoms with Crippen LogP contribution in [0.3, 0.4) is 0 Å². The molecule has 0 saturated heterocycles. The van der Waals surface area contributed by atoms with Gasteiger partial charge in [-0.2, -0.15) is 0 Å². The fraction of sp³-hybridized carbons (Fsp3) is 0.729. The van der Waals surface area contributed by atoms with E-state index in [4.69, 9.17) is 69.2 Å². The van der Waals surface area contributed by atoms with Gasteiger partial charge in [0.2, 0.25) is 0 Å². The molecular weight excluding hydrogens is 734 g/mol. The van der Waals surface area contributed by atoms with Crippen molar-refractivity contribution in [3.63, 3.8) is 0 Å². The summed E-state index contributed by atoms with van der Waals surface area (Å²) in [5, 5.41) is 0. The maximum atomic E-state index is 13.1. The Morgan fingerprint density at radius 3 is 1.54 bits per heavy atom. The highest BCUT2D eigenvalue weighted by molar-refractivity contribution is 7.47. The van der Waals surface area contributed by atoms with E-state index < -0.39 is 162 Å². The topological polar surface area (TPSA) is 91.3 Å². The molecule has 0 fully saturated rings. The molecule has 0 aliphatic carbocycles. The van der Waals surface area contributed by atoms with Gasteiger partial charge in [-0.15, -0.1) is 0 Å². The standard InChI is InChI=1S/C48H86NO7P/c1-6-8-10-12-14-16-18-20-22-24-25-26-27-29-31-33-35-37-39-41-48(50)56-47(46-55-57(51,52)54-44-42-49(3,4)5)45-53-43-40-38-36-34-32-30-28-23-21-19-17-15-13-11-9-7-2/h8,10,14,16,20,22,25-26,29,31,35,37,47H,6-7,9,11-13,15,17-19,21,23-24,27-28,30,32-34,36,38-46H2,1-5H3/p+1/b10-8-,16-14-,22-20-,26-25-,31-29-,37-35-/t47-/m0/s1/i2D3,7D2,9D2,11D2,13D2,15D2,17D2,19D2,21D2,23D2,28D2,30D2,32D2,34D2,36D2,38D2,40D2,43D2. The van der Waals surface area contributed by atoms with Gasteiger partial charge in [0.15, 0.2) is 0 Å². The van der Waals surface area contributed by atoms with Crippen molar-refractivity contribution in [2.45, 2.75) is 173 Å². The highest BCUT2D eigenvalue weighted by Gasteiger charge is 2.26. The normalized spacial score (nSPS) is 28.5. The Morgan fingerprint density at radius 2 is 1.09 bits per heavy atom. The van der Waals surface area contributed by atoms with E-state index in [0.29, 0.717) is 12.8 Å². The van der Waals surface area contributed by atoms with Gasteiger partial charge in [0.25, 0.3) is 0 Å². The van der Waals surface area contributed by atoms with E-state index >= 15 is 0 Å². The van der Waals surface area contributed by atoms with Crippen LogP contribution in [0, 0.1) is 0 Å². The molecule has 0 aliphatic heterocycles. The molecule has 0 bridgehead atoms. The van der Waals surface area contributed by atoms with Gasteiger partial charge in [0.05, 0.1) is 37.1 Å². The number of allylic oxidation sites excluding steroid dienone is 12. The minimum atomic E-state index is -5.37. The number of likely N-dealkylation sites (N-methyl/N-ethyl adjacent to an activating group) is 1. The summed E-state index contributed by atoms with van der Waals surface area (Å²) < 4.78 is 340. The summed E-state index contributed by atoms with van der Waals surface area (Å²) in [5.41, 5.74) is 0. The second-order valence-electron chi connectivity index (χ2n) is 12.1. The summed E-state index contributed by atoms with van der Waals surface area (Å²) in [6.45, 7) is -9.45. The highest BCUT2D eigenvalue weighted by Crippen LogP contribution is 2.43. The third-order valence-corrected chi connectivity index (χ3v) is 7.16. The fourth-order valence-electron chi connectivity index (χ4n) is 3.48. The quantitative estimate of drug-likeness (QED) is 0.0283. The molecule has 0 aromatic heterocycles. The van der Waals surface area contributed by atoms with Crippen LogP contribution in [-0.2, 0) is 27.9 Å². The van der Waals surface area contributed by atoms with E-state index in [-0.39, 0.29) is 17.4 Å². The van der Waals surface area contributed by atoms with Crippen LogP contribution in [0.1, 0.15) is 218 Å². The molecule has 0 aliphatic rings. The van der Waals surface area contributed by atoms with Crippen molar-refractivity contribution in [1.82, 2.24) is 0 Å². The second kappa shape index (κ2) is 40.7. The van der Waals surface area contributed by atoms with Crippen molar-refractivity contribution in [1.29, 1.82) is 0 Å². The summed E-state index contributed by atoms with van der Waals surface area (Å²) in [6, 6.07) is 0. The van der Waals surface area contributed by atoms with E-state index in [1.807, 2.05) is 30.4 Å². The molecule has 0 amide bonds. The number of nitrogens with zero attached hydrogens (tertiary/aromatic N) is 1.